The van der Waals surface area contributed by atoms with E-state index in [1.165, 1.54) is 11.3 Å². The molecule has 1 N–H and O–H groups in total. The summed E-state index contributed by atoms with van der Waals surface area (Å²) in [7, 11) is 0.313. The van der Waals surface area contributed by atoms with E-state index in [4.69, 9.17) is 4.74 Å². The van der Waals surface area contributed by atoms with Gasteiger partial charge in [-0.25, -0.2) is 4.21 Å². The molecule has 0 radical (unpaired) electrons. The molecule has 2 aromatic carbocycles. The maximum absolute atomic E-state index is 12.2. The van der Waals surface area contributed by atoms with Gasteiger partial charge in [0.25, 0.3) is 0 Å². The van der Waals surface area contributed by atoms with Gasteiger partial charge >= 0.3 is 0 Å². The summed E-state index contributed by atoms with van der Waals surface area (Å²) < 4.78 is 20.2. The zero-order valence-corrected chi connectivity index (χ0v) is 14.1. The van der Waals surface area contributed by atoms with Gasteiger partial charge in [-0.15, -0.1) is 10.2 Å². The number of benzene rings is 2. The van der Waals surface area contributed by atoms with Crippen LogP contribution in [-0.2, 0) is 17.4 Å². The average molecular weight is 345 g/mol. The summed E-state index contributed by atoms with van der Waals surface area (Å²) in [5, 5.41) is 9.61. The Kier molecular flexibility index (Phi) is 4.99. The minimum atomic E-state index is -1.33. The van der Waals surface area contributed by atoms with Crippen molar-refractivity contribution >= 4 is 27.5 Å². The molecule has 23 heavy (non-hydrogen) atoms. The summed E-state index contributed by atoms with van der Waals surface area (Å²) in [6.07, 6.45) is 0.682. The number of anilines is 1. The zero-order chi connectivity index (χ0) is 16.1. The van der Waals surface area contributed by atoms with Gasteiger partial charge in [0.15, 0.2) is 11.0 Å². The highest BCUT2D eigenvalue weighted by Gasteiger charge is 2.09. The minimum absolute atomic E-state index is 0.552. The van der Waals surface area contributed by atoms with Gasteiger partial charge in [-0.1, -0.05) is 41.7 Å². The second-order valence-electron chi connectivity index (χ2n) is 4.71. The Hall–Kier alpha value is -2.25. The van der Waals surface area contributed by atoms with Gasteiger partial charge in [0.2, 0.25) is 5.13 Å². The van der Waals surface area contributed by atoms with Crippen LogP contribution in [0.25, 0.3) is 0 Å². The van der Waals surface area contributed by atoms with Crippen LogP contribution in [0.15, 0.2) is 59.5 Å². The molecule has 1 heterocycles. The molecule has 3 aromatic rings. The van der Waals surface area contributed by atoms with Crippen molar-refractivity contribution in [1.29, 1.82) is 0 Å². The Balaban J connectivity index is 1.64. The van der Waals surface area contributed by atoms with Crippen LogP contribution in [0.2, 0.25) is 0 Å². The number of nitrogens with one attached hydrogen (secondary N) is 1. The highest BCUT2D eigenvalue weighted by atomic mass is 32.2. The molecule has 0 bridgehead atoms. The first-order chi connectivity index (χ1) is 11.2. The van der Waals surface area contributed by atoms with Gasteiger partial charge < -0.3 is 4.74 Å². The Bertz CT molecular complexity index is 789. The lowest BCUT2D eigenvalue weighted by Gasteiger charge is -2.01. The maximum Gasteiger partial charge on any atom is 0.217 e. The smallest absolute Gasteiger partial charge is 0.217 e. The van der Waals surface area contributed by atoms with Crippen molar-refractivity contribution in [2.75, 3.05) is 11.8 Å². The number of nitrogens with zero attached hydrogens (tertiary/aromatic N) is 2. The Morgan fingerprint density at radius 2 is 1.83 bits per heavy atom. The Morgan fingerprint density at radius 1 is 1.09 bits per heavy atom. The van der Waals surface area contributed by atoms with E-state index in [0.29, 0.717) is 16.4 Å². The van der Waals surface area contributed by atoms with Gasteiger partial charge in [0.1, 0.15) is 10.8 Å². The highest BCUT2D eigenvalue weighted by molar-refractivity contribution is 7.86. The van der Waals surface area contributed by atoms with E-state index in [1.54, 1.807) is 7.11 Å². The third-order valence-electron chi connectivity index (χ3n) is 3.12. The topological polar surface area (TPSA) is 64.1 Å². The predicted octanol–water partition coefficient (Wildman–Crippen LogP) is 3.27. The number of methoxy groups -OCH3 is 1. The molecule has 1 aromatic heterocycles. The lowest BCUT2D eigenvalue weighted by Crippen LogP contribution is -2.03. The van der Waals surface area contributed by atoms with E-state index in [2.05, 4.69) is 14.9 Å². The SMILES string of the molecule is COc1ccc(Cc2nnc(NS(=O)c3ccccc3)s2)cc1. The van der Waals surface area contributed by atoms with Crippen molar-refractivity contribution < 1.29 is 8.95 Å². The summed E-state index contributed by atoms with van der Waals surface area (Å²) in [5.41, 5.74) is 1.12. The fourth-order valence-electron chi connectivity index (χ4n) is 1.97. The second-order valence-corrected chi connectivity index (χ2v) is 6.98. The van der Waals surface area contributed by atoms with Crippen LogP contribution in [0.3, 0.4) is 0 Å². The first kappa shape index (κ1) is 15.6. The van der Waals surface area contributed by atoms with Crippen molar-refractivity contribution in [3.05, 3.63) is 65.2 Å². The predicted molar refractivity (Wildman–Crippen MR) is 92.2 cm³/mol. The number of rotatable bonds is 6. The molecule has 1 unspecified atom stereocenters. The highest BCUT2D eigenvalue weighted by Crippen LogP contribution is 2.21. The lowest BCUT2D eigenvalue weighted by molar-refractivity contribution is 0.414. The number of hydrogen-bond donors (Lipinski definition) is 1. The summed E-state index contributed by atoms with van der Waals surface area (Å²) >= 11 is 1.40. The molecule has 0 amide bonds. The summed E-state index contributed by atoms with van der Waals surface area (Å²) in [6, 6.07) is 17.0. The second kappa shape index (κ2) is 7.34. The third-order valence-corrected chi connectivity index (χ3v) is 5.17. The van der Waals surface area contributed by atoms with E-state index in [-0.39, 0.29) is 0 Å². The summed E-state index contributed by atoms with van der Waals surface area (Å²) in [6.45, 7) is 0. The summed E-state index contributed by atoms with van der Waals surface area (Å²) in [4.78, 5) is 0.708. The normalized spacial score (nSPS) is 11.9. The van der Waals surface area contributed by atoms with E-state index < -0.39 is 11.0 Å². The lowest BCUT2D eigenvalue weighted by atomic mass is 10.1. The van der Waals surface area contributed by atoms with Gasteiger partial charge in [0.05, 0.1) is 12.0 Å². The molecule has 3 rings (SSSR count). The Labute approximate surface area is 140 Å². The van der Waals surface area contributed by atoms with E-state index in [9.17, 15) is 4.21 Å². The quantitative estimate of drug-likeness (QED) is 0.745. The Morgan fingerprint density at radius 3 is 2.52 bits per heavy atom. The van der Waals surface area contributed by atoms with Crippen molar-refractivity contribution in [1.82, 2.24) is 10.2 Å². The van der Waals surface area contributed by atoms with E-state index >= 15 is 0 Å². The first-order valence-electron chi connectivity index (χ1n) is 6.93. The van der Waals surface area contributed by atoms with Gasteiger partial charge in [0, 0.05) is 6.42 Å². The van der Waals surface area contributed by atoms with Crippen LogP contribution < -0.4 is 9.46 Å². The molecule has 0 aliphatic carbocycles. The van der Waals surface area contributed by atoms with E-state index in [0.717, 1.165) is 16.3 Å². The van der Waals surface area contributed by atoms with Gasteiger partial charge in [-0.3, -0.25) is 4.72 Å². The largest absolute Gasteiger partial charge is 0.497 e. The van der Waals surface area contributed by atoms with Crippen molar-refractivity contribution in [2.24, 2.45) is 0 Å². The van der Waals surface area contributed by atoms with Crippen molar-refractivity contribution in [2.45, 2.75) is 11.3 Å². The number of ether oxygens (including phenoxy) is 1. The summed E-state index contributed by atoms with van der Waals surface area (Å²) in [5.74, 6) is 0.826. The number of hydrogen-bond acceptors (Lipinski definition) is 5. The molecule has 0 fully saturated rings. The maximum atomic E-state index is 12.2. The molecular formula is C16H15N3O2S2. The molecule has 0 aliphatic heterocycles. The monoisotopic (exact) mass is 345 g/mol. The molecular weight excluding hydrogens is 330 g/mol. The third kappa shape index (κ3) is 4.14. The first-order valence-corrected chi connectivity index (χ1v) is 8.90. The fraction of sp³-hybridized carbons (Fsp3) is 0.125. The standard InChI is InChI=1S/C16H15N3O2S2/c1-21-13-9-7-12(8-10-13)11-15-17-18-16(22-15)19-23(20)14-5-3-2-4-6-14/h2-10H,11H2,1H3,(H,18,19). The van der Waals surface area contributed by atoms with Crippen LogP contribution in [-0.4, -0.2) is 21.5 Å². The molecule has 1 atom stereocenters. The zero-order valence-electron chi connectivity index (χ0n) is 12.4. The minimum Gasteiger partial charge on any atom is -0.497 e. The van der Waals surface area contributed by atoms with Gasteiger partial charge in [-0.2, -0.15) is 0 Å². The van der Waals surface area contributed by atoms with Crippen molar-refractivity contribution in [3.63, 3.8) is 0 Å². The molecule has 0 spiro atoms. The average Bonchev–Trinajstić information content (AvgIpc) is 3.03. The van der Waals surface area contributed by atoms with Crippen LogP contribution in [0.1, 0.15) is 10.6 Å². The van der Waals surface area contributed by atoms with Crippen LogP contribution in [0, 0.1) is 0 Å². The van der Waals surface area contributed by atoms with Gasteiger partial charge in [-0.05, 0) is 29.8 Å². The molecule has 0 saturated carbocycles. The molecule has 0 aliphatic rings. The van der Waals surface area contributed by atoms with Crippen LogP contribution in [0.4, 0.5) is 5.13 Å². The van der Waals surface area contributed by atoms with Crippen LogP contribution >= 0.6 is 11.3 Å². The number of aromatic nitrogens is 2. The molecule has 7 heteroatoms. The molecule has 118 valence electrons. The molecule has 0 saturated heterocycles. The fourth-order valence-corrected chi connectivity index (χ4v) is 3.71. The van der Waals surface area contributed by atoms with Crippen LogP contribution in [0.5, 0.6) is 5.75 Å². The molecule has 5 nitrogen and oxygen atoms in total. The van der Waals surface area contributed by atoms with E-state index in [1.807, 2.05) is 54.6 Å². The van der Waals surface area contributed by atoms with Crippen molar-refractivity contribution in [3.8, 4) is 5.75 Å².